The highest BCUT2D eigenvalue weighted by atomic mass is 35.5. The van der Waals surface area contributed by atoms with Crippen molar-refractivity contribution in [2.45, 2.75) is 18.3 Å². The van der Waals surface area contributed by atoms with E-state index in [0.717, 1.165) is 11.1 Å². The minimum absolute atomic E-state index is 0.261. The summed E-state index contributed by atoms with van der Waals surface area (Å²) in [6, 6.07) is 14.0. The number of benzene rings is 2. The van der Waals surface area contributed by atoms with Crippen LogP contribution in [0, 0.1) is 0 Å². The average Bonchev–Trinajstić information content (AvgIpc) is 2.62. The van der Waals surface area contributed by atoms with Crippen molar-refractivity contribution in [3.8, 4) is 0 Å². The van der Waals surface area contributed by atoms with Crippen molar-refractivity contribution in [3.05, 3.63) is 69.7 Å². The van der Waals surface area contributed by atoms with Gasteiger partial charge in [0.05, 0.1) is 6.61 Å². The van der Waals surface area contributed by atoms with Gasteiger partial charge in [0.2, 0.25) is 5.78 Å². The summed E-state index contributed by atoms with van der Waals surface area (Å²) in [6.45, 7) is 0.261. The van der Waals surface area contributed by atoms with Gasteiger partial charge in [0.1, 0.15) is 12.2 Å². The van der Waals surface area contributed by atoms with E-state index in [1.165, 1.54) is 0 Å². The Morgan fingerprint density at radius 2 is 1.50 bits per heavy atom. The molecule has 3 rings (SSSR count). The highest BCUT2D eigenvalue weighted by molar-refractivity contribution is 6.30. The van der Waals surface area contributed by atoms with Crippen LogP contribution >= 0.6 is 23.2 Å². The van der Waals surface area contributed by atoms with Gasteiger partial charge < -0.3 is 9.47 Å². The number of carbonyl (C=O) groups is 2. The van der Waals surface area contributed by atoms with Crippen molar-refractivity contribution in [1.29, 1.82) is 0 Å². The topological polar surface area (TPSA) is 52.6 Å². The van der Waals surface area contributed by atoms with E-state index in [9.17, 15) is 9.59 Å². The second-order valence-electron chi connectivity index (χ2n) is 5.42. The maximum absolute atomic E-state index is 12.0. The summed E-state index contributed by atoms with van der Waals surface area (Å²) in [7, 11) is 0. The molecule has 1 saturated heterocycles. The molecule has 4 nitrogen and oxygen atoms in total. The molecule has 0 N–H and O–H groups in total. The number of Topliss-reactive ketones (excluding diaryl/α,β-unsaturated/α-hetero) is 1. The van der Waals surface area contributed by atoms with Crippen molar-refractivity contribution >= 4 is 35.3 Å². The predicted molar refractivity (Wildman–Crippen MR) is 90.3 cm³/mol. The van der Waals surface area contributed by atoms with Gasteiger partial charge in [0, 0.05) is 10.0 Å². The third-order valence-electron chi connectivity index (χ3n) is 3.85. The van der Waals surface area contributed by atoms with E-state index >= 15 is 0 Å². The van der Waals surface area contributed by atoms with Gasteiger partial charge in [0.25, 0.3) is 0 Å². The van der Waals surface area contributed by atoms with Crippen molar-refractivity contribution in [1.82, 2.24) is 0 Å². The summed E-state index contributed by atoms with van der Waals surface area (Å²) in [5, 5.41) is 1.18. The van der Waals surface area contributed by atoms with Crippen molar-refractivity contribution < 1.29 is 19.1 Å². The van der Waals surface area contributed by atoms with E-state index in [-0.39, 0.29) is 12.9 Å². The molecule has 124 valence electrons. The molecule has 0 aromatic heterocycles. The van der Waals surface area contributed by atoms with Gasteiger partial charge in [-0.3, -0.25) is 9.59 Å². The quantitative estimate of drug-likeness (QED) is 0.608. The van der Waals surface area contributed by atoms with E-state index in [1.807, 2.05) is 0 Å². The van der Waals surface area contributed by atoms with Crippen LogP contribution in [0.25, 0.3) is 0 Å². The van der Waals surface area contributed by atoms with Crippen LogP contribution in [0.5, 0.6) is 0 Å². The normalized spacial score (nSPS) is 23.7. The third kappa shape index (κ3) is 3.68. The van der Waals surface area contributed by atoms with Gasteiger partial charge in [0.15, 0.2) is 12.4 Å². The summed E-state index contributed by atoms with van der Waals surface area (Å²) in [5.41, 5.74) is 1.56. The summed E-state index contributed by atoms with van der Waals surface area (Å²) < 4.78 is 11.7. The van der Waals surface area contributed by atoms with Crippen LogP contribution in [0.4, 0.5) is 0 Å². The zero-order valence-electron chi connectivity index (χ0n) is 12.5. The molecule has 2 aromatic rings. The molecule has 0 aliphatic carbocycles. The molecule has 0 bridgehead atoms. The van der Waals surface area contributed by atoms with E-state index in [1.54, 1.807) is 48.5 Å². The molecular formula is C18H14Cl2O4. The summed E-state index contributed by atoms with van der Waals surface area (Å²) >= 11 is 11.8. The maximum atomic E-state index is 12.0. The Labute approximate surface area is 149 Å². The second kappa shape index (κ2) is 7.45. The Morgan fingerprint density at radius 1 is 0.958 bits per heavy atom. The Balaban J connectivity index is 1.85. The highest BCUT2D eigenvalue weighted by Gasteiger charge is 2.38. The predicted octanol–water partition coefficient (Wildman–Crippen LogP) is 3.96. The monoisotopic (exact) mass is 364 g/mol. The van der Waals surface area contributed by atoms with Crippen LogP contribution < -0.4 is 0 Å². The van der Waals surface area contributed by atoms with Crippen molar-refractivity contribution in [2.24, 2.45) is 0 Å². The van der Waals surface area contributed by atoms with Gasteiger partial charge in [-0.25, -0.2) is 0 Å². The fraction of sp³-hybridized carbons (Fsp3) is 0.222. The summed E-state index contributed by atoms with van der Waals surface area (Å²) in [6.07, 6.45) is -1.83. The molecule has 2 aromatic carbocycles. The Hall–Kier alpha value is -1.72. The number of hydrogen-bond acceptors (Lipinski definition) is 4. The first-order chi connectivity index (χ1) is 11.6. The number of carbonyl (C=O) groups excluding carboxylic acids is 2. The molecule has 1 heterocycles. The van der Waals surface area contributed by atoms with Crippen molar-refractivity contribution in [2.75, 3.05) is 6.61 Å². The molecule has 0 spiro atoms. The first kappa shape index (κ1) is 17.1. The first-order valence-electron chi connectivity index (χ1n) is 7.35. The Kier molecular flexibility index (Phi) is 5.31. The molecule has 0 radical (unpaired) electrons. The minimum atomic E-state index is -1.00. The van der Waals surface area contributed by atoms with Gasteiger partial charge >= 0.3 is 0 Å². The minimum Gasteiger partial charge on any atom is -0.367 e. The van der Waals surface area contributed by atoms with Gasteiger partial charge in [-0.2, -0.15) is 0 Å². The molecule has 3 atom stereocenters. The van der Waals surface area contributed by atoms with Crippen LogP contribution in [-0.2, 0) is 19.1 Å². The van der Waals surface area contributed by atoms with Crippen LogP contribution in [-0.4, -0.2) is 24.8 Å². The zero-order valence-corrected chi connectivity index (χ0v) is 14.0. The number of ketones is 1. The Bertz CT molecular complexity index is 728. The van der Waals surface area contributed by atoms with Gasteiger partial charge in [-0.15, -0.1) is 0 Å². The lowest BCUT2D eigenvalue weighted by atomic mass is 9.98. The van der Waals surface area contributed by atoms with Crippen LogP contribution in [0.2, 0.25) is 10.0 Å². The number of hydrogen-bond donors (Lipinski definition) is 0. The second-order valence-corrected chi connectivity index (χ2v) is 6.30. The molecule has 6 heteroatoms. The first-order valence-corrected chi connectivity index (χ1v) is 8.11. The molecule has 0 amide bonds. The lowest BCUT2D eigenvalue weighted by molar-refractivity contribution is -0.190. The highest BCUT2D eigenvalue weighted by Crippen LogP contribution is 2.35. The fourth-order valence-electron chi connectivity index (χ4n) is 2.63. The third-order valence-corrected chi connectivity index (χ3v) is 4.35. The van der Waals surface area contributed by atoms with Gasteiger partial charge in [-0.05, 0) is 35.4 Å². The Morgan fingerprint density at radius 3 is 2.04 bits per heavy atom. The van der Waals surface area contributed by atoms with Crippen LogP contribution in [0.15, 0.2) is 48.5 Å². The lowest BCUT2D eigenvalue weighted by Gasteiger charge is -2.35. The molecule has 0 saturated carbocycles. The summed E-state index contributed by atoms with van der Waals surface area (Å²) in [5.74, 6) is -0.659. The number of aldehydes is 1. The number of rotatable bonds is 4. The fourth-order valence-corrected chi connectivity index (χ4v) is 2.88. The largest absolute Gasteiger partial charge is 0.367 e. The number of ether oxygens (including phenoxy) is 2. The van der Waals surface area contributed by atoms with Gasteiger partial charge in [-0.1, -0.05) is 47.5 Å². The standard InChI is InChI=1S/C18H14Cl2O4/c19-13-5-1-11(2-6-13)16-10-23-17(18(24-16)15(22)9-21)12-3-7-14(20)8-4-12/h1-9,16-18H,10H2. The average molecular weight is 365 g/mol. The maximum Gasteiger partial charge on any atom is 0.226 e. The van der Waals surface area contributed by atoms with Crippen molar-refractivity contribution in [3.63, 3.8) is 0 Å². The molecule has 24 heavy (non-hydrogen) atoms. The van der Waals surface area contributed by atoms with E-state index in [2.05, 4.69) is 0 Å². The molecular weight excluding hydrogens is 351 g/mol. The summed E-state index contributed by atoms with van der Waals surface area (Å²) in [4.78, 5) is 23.0. The van der Waals surface area contributed by atoms with E-state index < -0.39 is 24.1 Å². The van der Waals surface area contributed by atoms with Crippen LogP contribution in [0.3, 0.4) is 0 Å². The lowest BCUT2D eigenvalue weighted by Crippen LogP contribution is -2.40. The van der Waals surface area contributed by atoms with E-state index in [0.29, 0.717) is 10.0 Å². The molecule has 1 fully saturated rings. The number of halogens is 2. The molecule has 3 unspecified atom stereocenters. The SMILES string of the molecule is O=CC(=O)C1OC(c2ccc(Cl)cc2)COC1c1ccc(Cl)cc1. The zero-order chi connectivity index (χ0) is 17.1. The molecule has 1 aliphatic rings. The van der Waals surface area contributed by atoms with Crippen LogP contribution in [0.1, 0.15) is 23.3 Å². The van der Waals surface area contributed by atoms with E-state index in [4.69, 9.17) is 32.7 Å². The smallest absolute Gasteiger partial charge is 0.226 e. The molecule has 1 aliphatic heterocycles.